The molecule has 2 fully saturated rings. The molecule has 0 spiro atoms. The standard InChI is InChI=1S/C26H35F5/c1-2-3-4-5-18-6-8-19(9-7-18)10-11-20-12-14-21(15-13-20)22-16-23(27)25(24(28)17-22)26(29,30)31/h10-11,16-21H,2-9,12-15H2,1H3/b11-10+/t18-,19-,20-,21-. The lowest BCUT2D eigenvalue weighted by Gasteiger charge is -2.29. The van der Waals surface area contributed by atoms with E-state index >= 15 is 0 Å². The largest absolute Gasteiger partial charge is 0.422 e. The highest BCUT2D eigenvalue weighted by atomic mass is 19.4. The second kappa shape index (κ2) is 11.0. The van der Waals surface area contributed by atoms with Gasteiger partial charge in [-0.1, -0.05) is 44.8 Å². The molecule has 5 heteroatoms. The zero-order valence-corrected chi connectivity index (χ0v) is 18.5. The average molecular weight is 443 g/mol. The van der Waals surface area contributed by atoms with Crippen LogP contribution in [0.5, 0.6) is 0 Å². The lowest BCUT2D eigenvalue weighted by atomic mass is 9.76. The molecule has 0 aromatic heterocycles. The summed E-state index contributed by atoms with van der Waals surface area (Å²) in [5, 5.41) is 0. The van der Waals surface area contributed by atoms with E-state index in [1.54, 1.807) is 0 Å². The highest BCUT2D eigenvalue weighted by Gasteiger charge is 2.38. The molecule has 0 heterocycles. The van der Waals surface area contributed by atoms with Crippen LogP contribution in [0.15, 0.2) is 24.3 Å². The first kappa shape index (κ1) is 24.3. The molecule has 174 valence electrons. The number of halogens is 5. The zero-order valence-electron chi connectivity index (χ0n) is 18.5. The third-order valence-corrected chi connectivity index (χ3v) is 7.35. The van der Waals surface area contributed by atoms with Crippen molar-refractivity contribution >= 4 is 0 Å². The predicted molar refractivity (Wildman–Crippen MR) is 115 cm³/mol. The van der Waals surface area contributed by atoms with Gasteiger partial charge in [-0.25, -0.2) is 8.78 Å². The molecule has 0 nitrogen and oxygen atoms in total. The summed E-state index contributed by atoms with van der Waals surface area (Å²) in [4.78, 5) is 0. The first-order chi connectivity index (χ1) is 14.8. The van der Waals surface area contributed by atoms with Gasteiger partial charge in [0.15, 0.2) is 0 Å². The van der Waals surface area contributed by atoms with E-state index in [0.29, 0.717) is 17.4 Å². The highest BCUT2D eigenvalue weighted by Crippen LogP contribution is 2.40. The third-order valence-electron chi connectivity index (χ3n) is 7.35. The Bertz CT molecular complexity index is 697. The van der Waals surface area contributed by atoms with E-state index in [4.69, 9.17) is 0 Å². The van der Waals surface area contributed by atoms with Crippen LogP contribution in [0.3, 0.4) is 0 Å². The van der Waals surface area contributed by atoms with Crippen LogP contribution in [0.1, 0.15) is 101 Å². The van der Waals surface area contributed by atoms with E-state index in [2.05, 4.69) is 19.1 Å². The van der Waals surface area contributed by atoms with Crippen molar-refractivity contribution in [2.45, 2.75) is 96.1 Å². The Morgan fingerprint density at radius 2 is 1.32 bits per heavy atom. The summed E-state index contributed by atoms with van der Waals surface area (Å²) in [6.45, 7) is 2.25. The van der Waals surface area contributed by atoms with E-state index in [0.717, 1.165) is 43.7 Å². The molecule has 2 aliphatic carbocycles. The van der Waals surface area contributed by atoms with E-state index in [9.17, 15) is 22.0 Å². The number of benzene rings is 1. The Balaban J connectivity index is 1.46. The number of allylic oxidation sites excluding steroid dienone is 2. The van der Waals surface area contributed by atoms with Gasteiger partial charge in [-0.3, -0.25) is 0 Å². The van der Waals surface area contributed by atoms with Crippen LogP contribution in [0, 0.1) is 29.4 Å². The summed E-state index contributed by atoms with van der Waals surface area (Å²) in [5.41, 5.74) is -1.43. The van der Waals surface area contributed by atoms with Crippen LogP contribution in [0.2, 0.25) is 0 Å². The van der Waals surface area contributed by atoms with Crippen molar-refractivity contribution in [1.82, 2.24) is 0 Å². The Hall–Kier alpha value is -1.39. The Morgan fingerprint density at radius 1 is 0.806 bits per heavy atom. The van der Waals surface area contributed by atoms with Crippen molar-refractivity contribution in [2.24, 2.45) is 17.8 Å². The van der Waals surface area contributed by atoms with E-state index in [-0.39, 0.29) is 5.92 Å². The third kappa shape index (κ3) is 6.79. The molecule has 2 aliphatic rings. The van der Waals surface area contributed by atoms with Gasteiger partial charge < -0.3 is 0 Å². The molecule has 0 amide bonds. The minimum Gasteiger partial charge on any atom is -0.206 e. The van der Waals surface area contributed by atoms with Gasteiger partial charge in [0.25, 0.3) is 0 Å². The van der Waals surface area contributed by atoms with Crippen molar-refractivity contribution in [1.29, 1.82) is 0 Å². The van der Waals surface area contributed by atoms with Gasteiger partial charge in [0.2, 0.25) is 0 Å². The molecule has 31 heavy (non-hydrogen) atoms. The highest BCUT2D eigenvalue weighted by molar-refractivity contribution is 5.31. The van der Waals surface area contributed by atoms with Crippen molar-refractivity contribution in [3.8, 4) is 0 Å². The van der Waals surface area contributed by atoms with Crippen molar-refractivity contribution < 1.29 is 22.0 Å². The summed E-state index contributed by atoms with van der Waals surface area (Å²) in [6, 6.07) is 1.76. The zero-order chi connectivity index (χ0) is 22.4. The van der Waals surface area contributed by atoms with E-state index in [1.165, 1.54) is 51.4 Å². The van der Waals surface area contributed by atoms with Crippen molar-refractivity contribution in [3.63, 3.8) is 0 Å². The monoisotopic (exact) mass is 442 g/mol. The number of alkyl halides is 3. The Kier molecular flexibility index (Phi) is 8.58. The molecular weight excluding hydrogens is 407 g/mol. The summed E-state index contributed by atoms with van der Waals surface area (Å²) in [6.07, 6.45) is 13.6. The van der Waals surface area contributed by atoms with Crippen LogP contribution in [0.4, 0.5) is 22.0 Å². The van der Waals surface area contributed by atoms with Crippen molar-refractivity contribution in [3.05, 3.63) is 47.0 Å². The number of hydrogen-bond donors (Lipinski definition) is 0. The fourth-order valence-corrected chi connectivity index (χ4v) is 5.41. The number of rotatable bonds is 7. The second-order valence-corrected chi connectivity index (χ2v) is 9.63. The molecule has 0 saturated heterocycles. The number of hydrogen-bond acceptors (Lipinski definition) is 0. The van der Waals surface area contributed by atoms with Crippen LogP contribution < -0.4 is 0 Å². The SMILES string of the molecule is CCCCC[C@H]1CC[C@H](/C=C/[C@H]2CC[C@H](c3cc(F)c(C(F)(F)F)c(F)c3)CC2)CC1. The molecule has 0 aliphatic heterocycles. The number of unbranched alkanes of at least 4 members (excludes halogenated alkanes) is 2. The lowest BCUT2D eigenvalue weighted by Crippen LogP contribution is -2.16. The second-order valence-electron chi connectivity index (χ2n) is 9.63. The maximum atomic E-state index is 13.9. The van der Waals surface area contributed by atoms with Crippen LogP contribution in [-0.2, 0) is 6.18 Å². The molecule has 3 rings (SSSR count). The predicted octanol–water partition coefficient (Wildman–Crippen LogP) is 9.20. The van der Waals surface area contributed by atoms with E-state index in [1.807, 2.05) is 0 Å². The molecule has 1 aromatic carbocycles. The minimum atomic E-state index is -5.01. The first-order valence-electron chi connectivity index (χ1n) is 12.0. The van der Waals surface area contributed by atoms with Crippen LogP contribution >= 0.6 is 0 Å². The van der Waals surface area contributed by atoms with Crippen LogP contribution in [0.25, 0.3) is 0 Å². The molecule has 0 bridgehead atoms. The quantitative estimate of drug-likeness (QED) is 0.224. The molecule has 2 saturated carbocycles. The van der Waals surface area contributed by atoms with Gasteiger partial charge in [0, 0.05) is 0 Å². The maximum Gasteiger partial charge on any atom is 0.422 e. The first-order valence-corrected chi connectivity index (χ1v) is 12.0. The minimum absolute atomic E-state index is 0.0745. The van der Waals surface area contributed by atoms with Gasteiger partial charge in [-0.05, 0) is 92.7 Å². The summed E-state index contributed by atoms with van der Waals surface area (Å²) < 4.78 is 66.1. The molecule has 0 N–H and O–H groups in total. The molecule has 0 radical (unpaired) electrons. The Labute approximate surface area is 183 Å². The summed E-state index contributed by atoms with van der Waals surface area (Å²) in [7, 11) is 0. The summed E-state index contributed by atoms with van der Waals surface area (Å²) >= 11 is 0. The van der Waals surface area contributed by atoms with Gasteiger partial charge in [-0.15, -0.1) is 0 Å². The molecular formula is C26H35F5. The lowest BCUT2D eigenvalue weighted by molar-refractivity contribution is -0.142. The van der Waals surface area contributed by atoms with Crippen molar-refractivity contribution in [2.75, 3.05) is 0 Å². The molecule has 1 aromatic rings. The smallest absolute Gasteiger partial charge is 0.206 e. The normalized spacial score (nSPS) is 27.7. The topological polar surface area (TPSA) is 0 Å². The van der Waals surface area contributed by atoms with Gasteiger partial charge in [-0.2, -0.15) is 13.2 Å². The molecule has 0 atom stereocenters. The fraction of sp³-hybridized carbons (Fsp3) is 0.692. The van der Waals surface area contributed by atoms with Crippen LogP contribution in [-0.4, -0.2) is 0 Å². The maximum absolute atomic E-state index is 13.9. The van der Waals surface area contributed by atoms with Gasteiger partial charge >= 0.3 is 6.18 Å². The van der Waals surface area contributed by atoms with Gasteiger partial charge in [0.05, 0.1) is 0 Å². The average Bonchev–Trinajstić information content (AvgIpc) is 2.72. The summed E-state index contributed by atoms with van der Waals surface area (Å²) in [5.74, 6) is -1.06. The molecule has 0 unspecified atom stereocenters. The Morgan fingerprint density at radius 3 is 1.81 bits per heavy atom. The van der Waals surface area contributed by atoms with E-state index < -0.39 is 23.4 Å². The van der Waals surface area contributed by atoms with Gasteiger partial charge in [0.1, 0.15) is 17.2 Å². The fourth-order valence-electron chi connectivity index (χ4n) is 5.41.